The van der Waals surface area contributed by atoms with Crippen LogP contribution in [0.1, 0.15) is 24.0 Å². The molecule has 1 aromatic heterocycles. The molecule has 82 valence electrons. The smallest absolute Gasteiger partial charge is 0.309 e. The summed E-state index contributed by atoms with van der Waals surface area (Å²) < 4.78 is 6.02. The van der Waals surface area contributed by atoms with Crippen molar-refractivity contribution < 1.29 is 14.6 Å². The van der Waals surface area contributed by atoms with E-state index in [1.54, 1.807) is 0 Å². The molecule has 1 aromatic rings. The van der Waals surface area contributed by atoms with Gasteiger partial charge in [0.25, 0.3) is 0 Å². The second kappa shape index (κ2) is 4.47. The van der Waals surface area contributed by atoms with Gasteiger partial charge < -0.3 is 9.84 Å². The molecule has 1 aliphatic rings. The Morgan fingerprint density at radius 2 is 2.53 bits per heavy atom. The van der Waals surface area contributed by atoms with E-state index in [9.17, 15) is 4.79 Å². The van der Waals surface area contributed by atoms with Gasteiger partial charge in [0, 0.05) is 6.61 Å². The number of carbonyl (C=O) groups is 1. The van der Waals surface area contributed by atoms with Crippen LogP contribution in [-0.2, 0) is 9.53 Å². The van der Waals surface area contributed by atoms with Crippen LogP contribution in [0.2, 0.25) is 4.34 Å². The fraction of sp³-hybridized carbons (Fsp3) is 0.556. The summed E-state index contributed by atoms with van der Waals surface area (Å²) in [5.74, 6) is -1.33. The average Bonchev–Trinajstić information content (AvgIpc) is 2.65. The number of hydrogen-bond acceptors (Lipinski definition) is 4. The molecule has 2 atom stereocenters. The van der Waals surface area contributed by atoms with Crippen molar-refractivity contribution in [2.24, 2.45) is 5.92 Å². The number of hydrogen-bond donors (Lipinski definition) is 1. The number of aromatic nitrogens is 1. The van der Waals surface area contributed by atoms with Crippen LogP contribution in [0.3, 0.4) is 0 Å². The Kier molecular flexibility index (Phi) is 3.23. The van der Waals surface area contributed by atoms with Crippen LogP contribution in [0.4, 0.5) is 0 Å². The van der Waals surface area contributed by atoms with Gasteiger partial charge in [-0.1, -0.05) is 11.6 Å². The van der Waals surface area contributed by atoms with E-state index in [-0.39, 0.29) is 0 Å². The Morgan fingerprint density at radius 3 is 3.13 bits per heavy atom. The molecule has 1 aliphatic heterocycles. The van der Waals surface area contributed by atoms with E-state index in [2.05, 4.69) is 4.98 Å². The zero-order chi connectivity index (χ0) is 10.8. The minimum Gasteiger partial charge on any atom is -0.481 e. The minimum atomic E-state index is -0.828. The van der Waals surface area contributed by atoms with Crippen molar-refractivity contribution in [3.05, 3.63) is 15.5 Å². The SMILES string of the molecule is O=C(O)C1CCCOC1c1ncc(Cl)s1. The Hall–Kier alpha value is -0.650. The number of halogens is 1. The van der Waals surface area contributed by atoms with E-state index in [0.717, 1.165) is 6.42 Å². The van der Waals surface area contributed by atoms with E-state index in [4.69, 9.17) is 21.4 Å². The monoisotopic (exact) mass is 247 g/mol. The summed E-state index contributed by atoms with van der Waals surface area (Å²) in [6.45, 7) is 0.589. The number of rotatable bonds is 2. The maximum Gasteiger partial charge on any atom is 0.309 e. The zero-order valence-electron chi connectivity index (χ0n) is 7.85. The predicted molar refractivity (Wildman–Crippen MR) is 56.2 cm³/mol. The second-order valence-corrected chi connectivity index (χ2v) is 5.07. The largest absolute Gasteiger partial charge is 0.481 e. The molecule has 0 saturated carbocycles. The van der Waals surface area contributed by atoms with E-state index in [1.165, 1.54) is 17.5 Å². The van der Waals surface area contributed by atoms with Crippen molar-refractivity contribution in [2.75, 3.05) is 6.61 Å². The van der Waals surface area contributed by atoms with Gasteiger partial charge in [-0.3, -0.25) is 4.79 Å². The first-order valence-corrected chi connectivity index (χ1v) is 5.83. The molecule has 0 spiro atoms. The summed E-state index contributed by atoms with van der Waals surface area (Å²) in [6, 6.07) is 0. The first kappa shape index (κ1) is 10.9. The Labute approximate surface area is 95.8 Å². The lowest BCUT2D eigenvalue weighted by Crippen LogP contribution is -2.28. The zero-order valence-corrected chi connectivity index (χ0v) is 9.42. The molecule has 0 radical (unpaired) electrons. The maximum atomic E-state index is 11.0. The van der Waals surface area contributed by atoms with E-state index in [1.807, 2.05) is 0 Å². The summed E-state index contributed by atoms with van der Waals surface area (Å²) >= 11 is 7.04. The lowest BCUT2D eigenvalue weighted by molar-refractivity contribution is -0.151. The minimum absolute atomic E-state index is 0.436. The van der Waals surface area contributed by atoms with E-state index < -0.39 is 18.0 Å². The number of aliphatic carboxylic acids is 1. The highest BCUT2D eigenvalue weighted by atomic mass is 35.5. The van der Waals surface area contributed by atoms with Crippen LogP contribution < -0.4 is 0 Å². The van der Waals surface area contributed by atoms with Crippen LogP contribution in [-0.4, -0.2) is 22.7 Å². The standard InChI is InChI=1S/C9H10ClNO3S/c10-6-4-11-8(15-6)7-5(9(12)13)2-1-3-14-7/h4-5,7H,1-3H2,(H,12,13). The van der Waals surface area contributed by atoms with Gasteiger partial charge in [0.05, 0.1) is 12.1 Å². The summed E-state index contributed by atoms with van der Waals surface area (Å²) in [7, 11) is 0. The molecule has 1 saturated heterocycles. The van der Waals surface area contributed by atoms with Crippen LogP contribution in [0.25, 0.3) is 0 Å². The van der Waals surface area contributed by atoms with Crippen LogP contribution >= 0.6 is 22.9 Å². The average molecular weight is 248 g/mol. The number of ether oxygens (including phenoxy) is 1. The van der Waals surface area contributed by atoms with Gasteiger partial charge in [-0.05, 0) is 12.8 Å². The lowest BCUT2D eigenvalue weighted by Gasteiger charge is -2.27. The van der Waals surface area contributed by atoms with Crippen LogP contribution in [0, 0.1) is 5.92 Å². The third-order valence-corrected chi connectivity index (χ3v) is 3.55. The Balaban J connectivity index is 2.21. The Morgan fingerprint density at radius 1 is 1.73 bits per heavy atom. The molecule has 4 nitrogen and oxygen atoms in total. The van der Waals surface area contributed by atoms with Gasteiger partial charge >= 0.3 is 5.97 Å². The molecule has 2 rings (SSSR count). The fourth-order valence-corrected chi connectivity index (χ4v) is 2.72. The van der Waals surface area contributed by atoms with Gasteiger partial charge in [-0.15, -0.1) is 11.3 Å². The van der Waals surface area contributed by atoms with Crippen molar-refractivity contribution in [3.63, 3.8) is 0 Å². The highest BCUT2D eigenvalue weighted by molar-refractivity contribution is 7.15. The molecule has 2 unspecified atom stereocenters. The summed E-state index contributed by atoms with van der Waals surface area (Å²) in [6.07, 6.45) is 2.51. The number of thiazole rings is 1. The summed E-state index contributed by atoms with van der Waals surface area (Å²) in [5.41, 5.74) is 0. The van der Waals surface area contributed by atoms with Crippen molar-refractivity contribution in [1.29, 1.82) is 0 Å². The van der Waals surface area contributed by atoms with Crippen molar-refractivity contribution in [3.8, 4) is 0 Å². The molecule has 0 aromatic carbocycles. The molecule has 1 N–H and O–H groups in total. The molecule has 1 fully saturated rings. The molecular formula is C9H10ClNO3S. The number of carboxylic acid groups (broad SMARTS) is 1. The van der Waals surface area contributed by atoms with Crippen molar-refractivity contribution in [2.45, 2.75) is 18.9 Å². The molecular weight excluding hydrogens is 238 g/mol. The van der Waals surface area contributed by atoms with Crippen LogP contribution in [0.15, 0.2) is 6.20 Å². The Bertz CT molecular complexity index is 368. The highest BCUT2D eigenvalue weighted by Gasteiger charge is 2.34. The van der Waals surface area contributed by atoms with Gasteiger partial charge in [-0.25, -0.2) is 4.98 Å². The van der Waals surface area contributed by atoms with E-state index in [0.29, 0.717) is 22.4 Å². The molecule has 6 heteroatoms. The topological polar surface area (TPSA) is 59.4 Å². The van der Waals surface area contributed by atoms with Gasteiger partial charge in [0.1, 0.15) is 15.4 Å². The first-order valence-electron chi connectivity index (χ1n) is 4.64. The molecule has 2 heterocycles. The number of carboxylic acids is 1. The summed E-state index contributed by atoms with van der Waals surface area (Å²) in [5, 5.41) is 9.70. The van der Waals surface area contributed by atoms with Crippen molar-refractivity contribution in [1.82, 2.24) is 4.98 Å². The normalized spacial score (nSPS) is 26.5. The van der Waals surface area contributed by atoms with Gasteiger partial charge in [-0.2, -0.15) is 0 Å². The molecule has 15 heavy (non-hydrogen) atoms. The van der Waals surface area contributed by atoms with Gasteiger partial charge in [0.15, 0.2) is 0 Å². The predicted octanol–water partition coefficient (Wildman–Crippen LogP) is 2.35. The fourth-order valence-electron chi connectivity index (χ4n) is 1.68. The molecule has 0 aliphatic carbocycles. The van der Waals surface area contributed by atoms with E-state index >= 15 is 0 Å². The highest BCUT2D eigenvalue weighted by Crippen LogP contribution is 2.36. The van der Waals surface area contributed by atoms with Crippen LogP contribution in [0.5, 0.6) is 0 Å². The summed E-state index contributed by atoms with van der Waals surface area (Å²) in [4.78, 5) is 15.1. The second-order valence-electron chi connectivity index (χ2n) is 3.38. The molecule has 0 amide bonds. The molecule has 0 bridgehead atoms. The number of nitrogens with zero attached hydrogens (tertiary/aromatic N) is 1. The van der Waals surface area contributed by atoms with Crippen molar-refractivity contribution >= 4 is 28.9 Å². The lowest BCUT2D eigenvalue weighted by atomic mass is 9.95. The first-order chi connectivity index (χ1) is 7.18. The quantitative estimate of drug-likeness (QED) is 0.872. The maximum absolute atomic E-state index is 11.0. The third kappa shape index (κ3) is 2.30. The third-order valence-electron chi connectivity index (χ3n) is 2.38. The van der Waals surface area contributed by atoms with Gasteiger partial charge in [0.2, 0.25) is 0 Å².